The summed E-state index contributed by atoms with van der Waals surface area (Å²) in [5, 5.41) is 1.09. The van der Waals surface area contributed by atoms with E-state index in [9.17, 15) is 4.79 Å². The maximum atomic E-state index is 12.1. The lowest BCUT2D eigenvalue weighted by Crippen LogP contribution is -2.42. The largest absolute Gasteiger partial charge is 0.445 e. The summed E-state index contributed by atoms with van der Waals surface area (Å²) in [4.78, 5) is 18.2. The van der Waals surface area contributed by atoms with Crippen LogP contribution in [0, 0.1) is 0 Å². The molecule has 0 aliphatic carbocycles. The summed E-state index contributed by atoms with van der Waals surface area (Å²) in [6.45, 7) is 8.19. The van der Waals surface area contributed by atoms with E-state index in [0.29, 0.717) is 0 Å². The molecule has 0 bridgehead atoms. The molecular weight excluding hydrogens is 288 g/mol. The van der Waals surface area contributed by atoms with Crippen LogP contribution in [0.1, 0.15) is 33.3 Å². The van der Waals surface area contributed by atoms with Crippen molar-refractivity contribution in [1.29, 1.82) is 0 Å². The van der Waals surface area contributed by atoms with Crippen LogP contribution in [-0.4, -0.2) is 34.7 Å². The monoisotopic (exact) mass is 312 g/mol. The molecule has 0 aliphatic rings. The number of benzene rings is 1. The zero-order chi connectivity index (χ0) is 16.8. The first-order chi connectivity index (χ1) is 11.0. The second-order valence-corrected chi connectivity index (χ2v) is 6.04. The number of fused-ring (bicyclic) bond motifs is 1. The molecule has 2 aromatic rings. The molecular formula is C19H24N2O2. The fraction of sp³-hybridized carbons (Fsp3) is 0.368. The van der Waals surface area contributed by atoms with Gasteiger partial charge in [-0.25, -0.2) is 4.79 Å². The van der Waals surface area contributed by atoms with Gasteiger partial charge in [0.1, 0.15) is 6.61 Å². The van der Waals surface area contributed by atoms with Crippen molar-refractivity contribution in [2.75, 3.05) is 6.61 Å². The first-order valence-corrected chi connectivity index (χ1v) is 7.95. The molecule has 1 aromatic carbocycles. The van der Waals surface area contributed by atoms with E-state index in [2.05, 4.69) is 11.1 Å². The van der Waals surface area contributed by atoms with E-state index in [-0.39, 0.29) is 24.8 Å². The topological polar surface area (TPSA) is 42.4 Å². The van der Waals surface area contributed by atoms with Gasteiger partial charge in [-0.1, -0.05) is 24.3 Å². The Morgan fingerprint density at radius 3 is 2.61 bits per heavy atom. The third-order valence-corrected chi connectivity index (χ3v) is 3.55. The number of pyridine rings is 1. The maximum Gasteiger partial charge on any atom is 0.410 e. The van der Waals surface area contributed by atoms with Crippen LogP contribution in [0.5, 0.6) is 0 Å². The lowest BCUT2D eigenvalue weighted by Gasteiger charge is -2.29. The summed E-state index contributed by atoms with van der Waals surface area (Å²) in [7, 11) is 0. The van der Waals surface area contributed by atoms with Crippen molar-refractivity contribution in [3.05, 3.63) is 48.2 Å². The molecule has 0 aliphatic heterocycles. The molecule has 2 rings (SSSR count). The number of para-hydroxylation sites is 1. The van der Waals surface area contributed by atoms with Crippen molar-refractivity contribution in [2.45, 2.75) is 39.8 Å². The van der Waals surface area contributed by atoms with E-state index < -0.39 is 0 Å². The Hall–Kier alpha value is -2.36. The Morgan fingerprint density at radius 2 is 1.91 bits per heavy atom. The summed E-state index contributed by atoms with van der Waals surface area (Å²) < 4.78 is 5.32. The normalized spacial score (nSPS) is 11.6. The molecule has 122 valence electrons. The summed E-state index contributed by atoms with van der Waals surface area (Å²) >= 11 is 0. The SMILES string of the molecule is CC(C)N(C(=O)OC/C=C/c1cnc2ccccc2c1)C(C)C. The lowest BCUT2D eigenvalue weighted by molar-refractivity contribution is 0.0877. The minimum Gasteiger partial charge on any atom is -0.445 e. The maximum absolute atomic E-state index is 12.1. The highest BCUT2D eigenvalue weighted by atomic mass is 16.6. The van der Waals surface area contributed by atoms with Crippen molar-refractivity contribution in [2.24, 2.45) is 0 Å². The molecule has 0 unspecified atom stereocenters. The van der Waals surface area contributed by atoms with Gasteiger partial charge in [0, 0.05) is 23.7 Å². The van der Waals surface area contributed by atoms with Crippen molar-refractivity contribution >= 4 is 23.1 Å². The summed E-state index contributed by atoms with van der Waals surface area (Å²) in [6, 6.07) is 10.3. The predicted octanol–water partition coefficient (Wildman–Crippen LogP) is 4.50. The van der Waals surface area contributed by atoms with E-state index in [0.717, 1.165) is 16.5 Å². The fourth-order valence-corrected chi connectivity index (χ4v) is 2.58. The first kappa shape index (κ1) is 17.0. The van der Waals surface area contributed by atoms with Crippen LogP contribution < -0.4 is 0 Å². The Kier molecular flexibility index (Phi) is 5.74. The lowest BCUT2D eigenvalue weighted by atomic mass is 10.1. The van der Waals surface area contributed by atoms with Crippen LogP contribution in [0.15, 0.2) is 42.6 Å². The number of ether oxygens (including phenoxy) is 1. The van der Waals surface area contributed by atoms with Gasteiger partial charge >= 0.3 is 6.09 Å². The van der Waals surface area contributed by atoms with E-state index in [4.69, 9.17) is 4.74 Å². The number of hydrogen-bond acceptors (Lipinski definition) is 3. The number of amides is 1. The zero-order valence-electron chi connectivity index (χ0n) is 14.2. The Bertz CT molecular complexity index is 685. The number of carbonyl (C=O) groups is 1. The molecule has 0 N–H and O–H groups in total. The molecule has 1 aromatic heterocycles. The first-order valence-electron chi connectivity index (χ1n) is 7.95. The molecule has 4 nitrogen and oxygen atoms in total. The van der Waals surface area contributed by atoms with Crippen LogP contribution in [0.4, 0.5) is 4.79 Å². The van der Waals surface area contributed by atoms with Crippen LogP contribution in [0.25, 0.3) is 17.0 Å². The molecule has 0 radical (unpaired) electrons. The molecule has 0 fully saturated rings. The highest BCUT2D eigenvalue weighted by molar-refractivity contribution is 5.80. The number of aromatic nitrogens is 1. The van der Waals surface area contributed by atoms with Crippen molar-refractivity contribution in [1.82, 2.24) is 9.88 Å². The highest BCUT2D eigenvalue weighted by Gasteiger charge is 2.20. The van der Waals surface area contributed by atoms with Crippen LogP contribution in [0.3, 0.4) is 0 Å². The van der Waals surface area contributed by atoms with E-state index in [1.54, 1.807) is 4.90 Å². The molecule has 0 spiro atoms. The highest BCUT2D eigenvalue weighted by Crippen LogP contribution is 2.13. The van der Waals surface area contributed by atoms with Gasteiger partial charge in [-0.05, 0) is 51.5 Å². The average Bonchev–Trinajstić information content (AvgIpc) is 2.50. The summed E-state index contributed by atoms with van der Waals surface area (Å²) in [5.41, 5.74) is 1.96. The number of rotatable bonds is 5. The zero-order valence-corrected chi connectivity index (χ0v) is 14.2. The van der Waals surface area contributed by atoms with Crippen LogP contribution in [0.2, 0.25) is 0 Å². The molecule has 0 atom stereocenters. The third kappa shape index (κ3) is 4.55. The fourth-order valence-electron chi connectivity index (χ4n) is 2.58. The van der Waals surface area contributed by atoms with Crippen LogP contribution >= 0.6 is 0 Å². The van der Waals surface area contributed by atoms with E-state index in [1.807, 2.05) is 70.3 Å². The molecule has 4 heteroatoms. The third-order valence-electron chi connectivity index (χ3n) is 3.55. The Labute approximate surface area is 137 Å². The molecule has 1 heterocycles. The minimum atomic E-state index is -0.281. The Morgan fingerprint density at radius 1 is 1.22 bits per heavy atom. The van der Waals surface area contributed by atoms with Gasteiger partial charge in [0.25, 0.3) is 0 Å². The average molecular weight is 312 g/mol. The predicted molar refractivity (Wildman–Crippen MR) is 94.2 cm³/mol. The van der Waals surface area contributed by atoms with Gasteiger partial charge in [0.05, 0.1) is 5.52 Å². The van der Waals surface area contributed by atoms with Gasteiger partial charge in [-0.3, -0.25) is 4.98 Å². The smallest absolute Gasteiger partial charge is 0.410 e. The summed E-state index contributed by atoms with van der Waals surface area (Å²) in [6.07, 6.45) is 5.29. The Balaban J connectivity index is 1.94. The van der Waals surface area contributed by atoms with E-state index in [1.165, 1.54) is 0 Å². The molecule has 1 amide bonds. The van der Waals surface area contributed by atoms with Crippen molar-refractivity contribution in [3.8, 4) is 0 Å². The summed E-state index contributed by atoms with van der Waals surface area (Å²) in [5.74, 6) is 0. The molecule has 0 saturated heterocycles. The number of nitrogens with zero attached hydrogens (tertiary/aromatic N) is 2. The molecule has 23 heavy (non-hydrogen) atoms. The number of carbonyl (C=O) groups excluding carboxylic acids is 1. The quantitative estimate of drug-likeness (QED) is 0.816. The molecule has 0 saturated carbocycles. The standard InChI is InChI=1S/C19H24N2O2/c1-14(2)21(15(3)4)19(22)23-11-7-8-16-12-17-9-5-6-10-18(17)20-13-16/h5-10,12-15H,11H2,1-4H3/b8-7+. The van der Waals surface area contributed by atoms with Crippen molar-refractivity contribution < 1.29 is 9.53 Å². The number of hydrogen-bond donors (Lipinski definition) is 0. The van der Waals surface area contributed by atoms with Crippen LogP contribution in [-0.2, 0) is 4.74 Å². The minimum absolute atomic E-state index is 0.121. The second kappa shape index (κ2) is 7.77. The van der Waals surface area contributed by atoms with Gasteiger partial charge < -0.3 is 9.64 Å². The van der Waals surface area contributed by atoms with Crippen molar-refractivity contribution in [3.63, 3.8) is 0 Å². The van der Waals surface area contributed by atoms with Gasteiger partial charge in [0.15, 0.2) is 0 Å². The van der Waals surface area contributed by atoms with Gasteiger partial charge in [-0.15, -0.1) is 0 Å². The second-order valence-electron chi connectivity index (χ2n) is 6.04. The van der Waals surface area contributed by atoms with Gasteiger partial charge in [-0.2, -0.15) is 0 Å². The van der Waals surface area contributed by atoms with E-state index >= 15 is 0 Å². The van der Waals surface area contributed by atoms with Gasteiger partial charge in [0.2, 0.25) is 0 Å².